The molecule has 0 atom stereocenters. The quantitative estimate of drug-likeness (QED) is 0.643. The molecule has 150 valence electrons. The van der Waals surface area contributed by atoms with Crippen molar-refractivity contribution in [3.8, 4) is 11.1 Å². The lowest BCUT2D eigenvalue weighted by atomic mass is 9.92. The minimum Gasteiger partial charge on any atom is -0.326 e. The van der Waals surface area contributed by atoms with E-state index in [1.165, 1.54) is 5.56 Å². The van der Waals surface area contributed by atoms with Crippen LogP contribution in [0.3, 0.4) is 0 Å². The van der Waals surface area contributed by atoms with Gasteiger partial charge in [0.25, 0.3) is 5.91 Å². The number of carbonyl (C=O) groups excluding carboxylic acids is 1. The van der Waals surface area contributed by atoms with E-state index in [2.05, 4.69) is 55.3 Å². The van der Waals surface area contributed by atoms with Crippen molar-refractivity contribution in [3.05, 3.63) is 76.9 Å². The molecule has 1 aromatic carbocycles. The van der Waals surface area contributed by atoms with Crippen LogP contribution < -0.4 is 11.1 Å². The molecule has 1 amide bonds. The van der Waals surface area contributed by atoms with E-state index >= 15 is 0 Å². The summed E-state index contributed by atoms with van der Waals surface area (Å²) in [4.78, 5) is 21.7. The number of amides is 1. The summed E-state index contributed by atoms with van der Waals surface area (Å²) in [5, 5.41) is 3.08. The highest BCUT2D eigenvalue weighted by Gasteiger charge is 2.21. The van der Waals surface area contributed by atoms with Crippen LogP contribution in [0.1, 0.15) is 46.7 Å². The average molecular weight is 389 g/mol. The molecule has 0 aliphatic carbocycles. The number of aryl methyl sites for hydroxylation is 2. The Labute approximate surface area is 172 Å². The number of nitrogens with two attached hydrogens (primary N) is 1. The summed E-state index contributed by atoms with van der Waals surface area (Å²) in [6.45, 7) is 8.69. The highest BCUT2D eigenvalue weighted by atomic mass is 16.1. The monoisotopic (exact) mass is 388 g/mol. The number of anilines is 1. The summed E-state index contributed by atoms with van der Waals surface area (Å²) in [5.74, 6) is 0.264. The minimum absolute atomic E-state index is 0.190. The fraction of sp³-hybridized carbons (Fsp3) is 0.292. The number of nitrogens with zero attached hydrogens (tertiary/aromatic N) is 2. The molecule has 3 rings (SSSR count). The zero-order valence-electron chi connectivity index (χ0n) is 17.5. The Morgan fingerprint density at radius 2 is 1.72 bits per heavy atom. The molecule has 3 N–H and O–H groups in total. The van der Waals surface area contributed by atoms with Gasteiger partial charge in [-0.3, -0.25) is 14.8 Å². The minimum atomic E-state index is -0.190. The molecule has 5 nitrogen and oxygen atoms in total. The second kappa shape index (κ2) is 8.97. The van der Waals surface area contributed by atoms with Gasteiger partial charge in [0.2, 0.25) is 0 Å². The molecular weight excluding hydrogens is 360 g/mol. The van der Waals surface area contributed by atoms with Crippen molar-refractivity contribution in [2.45, 2.75) is 40.7 Å². The van der Waals surface area contributed by atoms with Gasteiger partial charge >= 0.3 is 0 Å². The Morgan fingerprint density at radius 3 is 2.31 bits per heavy atom. The Kier molecular flexibility index (Phi) is 6.39. The summed E-state index contributed by atoms with van der Waals surface area (Å²) >= 11 is 0. The highest BCUT2D eigenvalue weighted by molar-refractivity contribution is 6.07. The van der Waals surface area contributed by atoms with Gasteiger partial charge < -0.3 is 11.1 Å². The molecule has 2 heterocycles. The molecule has 0 radical (unpaired) electrons. The number of benzene rings is 1. The molecule has 3 aromatic rings. The van der Waals surface area contributed by atoms with Gasteiger partial charge in [-0.25, -0.2) is 0 Å². The molecule has 0 unspecified atom stereocenters. The number of hydrogen-bond acceptors (Lipinski definition) is 4. The van der Waals surface area contributed by atoms with Crippen LogP contribution in [0.2, 0.25) is 0 Å². The van der Waals surface area contributed by atoms with Gasteiger partial charge in [0.1, 0.15) is 0 Å². The molecule has 0 bridgehead atoms. The topological polar surface area (TPSA) is 80.9 Å². The molecule has 2 aromatic heterocycles. The third-order valence-electron chi connectivity index (χ3n) is 4.89. The van der Waals surface area contributed by atoms with E-state index in [1.807, 2.05) is 6.92 Å². The van der Waals surface area contributed by atoms with E-state index in [9.17, 15) is 4.79 Å². The standard InChI is InChI=1S/C24H28N4O/c1-15(2)13-21-20(14-25)22(18-7-5-16(3)6-8-18)23(17(4)27-21)28-24(29)19-9-11-26-12-10-19/h5-12,15H,13-14,25H2,1-4H3,(H,28,29). The fourth-order valence-corrected chi connectivity index (χ4v) is 3.46. The van der Waals surface area contributed by atoms with E-state index in [0.29, 0.717) is 23.7 Å². The Hall–Kier alpha value is -3.05. The molecule has 0 aliphatic rings. The van der Waals surface area contributed by atoms with Gasteiger partial charge in [-0.15, -0.1) is 0 Å². The van der Waals surface area contributed by atoms with Crippen molar-refractivity contribution in [3.63, 3.8) is 0 Å². The van der Waals surface area contributed by atoms with Crippen LogP contribution in [-0.4, -0.2) is 15.9 Å². The van der Waals surface area contributed by atoms with Crippen molar-refractivity contribution in [2.75, 3.05) is 5.32 Å². The Bertz CT molecular complexity index is 996. The van der Waals surface area contributed by atoms with Gasteiger partial charge in [0, 0.05) is 35.8 Å². The predicted molar refractivity (Wildman–Crippen MR) is 118 cm³/mol. The van der Waals surface area contributed by atoms with Gasteiger partial charge in [0.15, 0.2) is 0 Å². The molecule has 0 saturated heterocycles. The summed E-state index contributed by atoms with van der Waals surface area (Å²) < 4.78 is 0. The second-order valence-corrected chi connectivity index (χ2v) is 7.73. The largest absolute Gasteiger partial charge is 0.326 e. The van der Waals surface area contributed by atoms with E-state index < -0.39 is 0 Å². The van der Waals surface area contributed by atoms with Crippen molar-refractivity contribution < 1.29 is 4.79 Å². The molecule has 0 saturated carbocycles. The number of aromatic nitrogens is 2. The van der Waals surface area contributed by atoms with Crippen molar-refractivity contribution in [1.82, 2.24) is 9.97 Å². The van der Waals surface area contributed by atoms with Crippen LogP contribution >= 0.6 is 0 Å². The van der Waals surface area contributed by atoms with Gasteiger partial charge in [-0.2, -0.15) is 0 Å². The first-order valence-corrected chi connectivity index (χ1v) is 9.91. The van der Waals surface area contributed by atoms with Crippen molar-refractivity contribution in [2.24, 2.45) is 11.7 Å². The lowest BCUT2D eigenvalue weighted by molar-refractivity contribution is 0.102. The first-order valence-electron chi connectivity index (χ1n) is 9.91. The van der Waals surface area contributed by atoms with Gasteiger partial charge in [0.05, 0.1) is 11.4 Å². The Morgan fingerprint density at radius 1 is 1.07 bits per heavy atom. The zero-order chi connectivity index (χ0) is 21.0. The highest BCUT2D eigenvalue weighted by Crippen LogP contribution is 2.36. The number of pyridine rings is 2. The normalized spacial score (nSPS) is 11.0. The van der Waals surface area contributed by atoms with Gasteiger partial charge in [-0.1, -0.05) is 43.7 Å². The molecule has 0 spiro atoms. The smallest absolute Gasteiger partial charge is 0.255 e. The number of nitrogens with one attached hydrogen (secondary N) is 1. The van der Waals surface area contributed by atoms with Crippen molar-refractivity contribution >= 4 is 11.6 Å². The van der Waals surface area contributed by atoms with Crippen LogP contribution in [0.4, 0.5) is 5.69 Å². The van der Waals surface area contributed by atoms with E-state index in [-0.39, 0.29) is 5.91 Å². The predicted octanol–water partition coefficient (Wildman–Crippen LogP) is 4.67. The van der Waals surface area contributed by atoms with Crippen LogP contribution in [0.15, 0.2) is 48.8 Å². The third kappa shape index (κ3) is 4.69. The summed E-state index contributed by atoms with van der Waals surface area (Å²) in [5.41, 5.74) is 13.4. The molecule has 5 heteroatoms. The second-order valence-electron chi connectivity index (χ2n) is 7.73. The molecule has 29 heavy (non-hydrogen) atoms. The Balaban J connectivity index is 2.18. The lowest BCUT2D eigenvalue weighted by Crippen LogP contribution is -2.18. The van der Waals surface area contributed by atoms with E-state index in [1.54, 1.807) is 24.5 Å². The fourth-order valence-electron chi connectivity index (χ4n) is 3.46. The van der Waals surface area contributed by atoms with Crippen LogP contribution in [0, 0.1) is 19.8 Å². The first-order chi connectivity index (χ1) is 13.9. The summed E-state index contributed by atoms with van der Waals surface area (Å²) in [7, 11) is 0. The third-order valence-corrected chi connectivity index (χ3v) is 4.89. The molecule has 0 aliphatic heterocycles. The maximum Gasteiger partial charge on any atom is 0.255 e. The number of carbonyl (C=O) groups is 1. The van der Waals surface area contributed by atoms with Crippen LogP contribution in [0.25, 0.3) is 11.1 Å². The maximum atomic E-state index is 12.9. The number of hydrogen-bond donors (Lipinski definition) is 2. The van der Waals surface area contributed by atoms with E-state index in [0.717, 1.165) is 34.5 Å². The molecular formula is C24H28N4O. The van der Waals surface area contributed by atoms with Crippen LogP contribution in [0.5, 0.6) is 0 Å². The first kappa shape index (κ1) is 20.7. The number of rotatable bonds is 6. The summed E-state index contributed by atoms with van der Waals surface area (Å²) in [6, 6.07) is 11.7. The maximum absolute atomic E-state index is 12.9. The van der Waals surface area contributed by atoms with Crippen LogP contribution in [-0.2, 0) is 13.0 Å². The van der Waals surface area contributed by atoms with Gasteiger partial charge in [-0.05, 0) is 49.4 Å². The summed E-state index contributed by atoms with van der Waals surface area (Å²) in [6.07, 6.45) is 4.06. The SMILES string of the molecule is Cc1ccc(-c2c(CN)c(CC(C)C)nc(C)c2NC(=O)c2ccncc2)cc1. The zero-order valence-corrected chi connectivity index (χ0v) is 17.5. The van der Waals surface area contributed by atoms with E-state index in [4.69, 9.17) is 10.7 Å². The lowest BCUT2D eigenvalue weighted by Gasteiger charge is -2.21. The average Bonchev–Trinajstić information content (AvgIpc) is 2.70. The van der Waals surface area contributed by atoms with Crippen molar-refractivity contribution in [1.29, 1.82) is 0 Å². The molecule has 0 fully saturated rings.